The van der Waals surface area contributed by atoms with Gasteiger partial charge in [-0.15, -0.1) is 0 Å². The molecule has 0 radical (unpaired) electrons. The number of hydrogen-bond donors (Lipinski definition) is 3. The van der Waals surface area contributed by atoms with Crippen molar-refractivity contribution in [1.29, 1.82) is 0 Å². The molecule has 17 nitrogen and oxygen atoms in total. The maximum absolute atomic E-state index is 13.1. The number of esters is 4. The summed E-state index contributed by atoms with van der Waals surface area (Å²) in [5.41, 5.74) is 0. The molecule has 0 aromatic rings. The quantitative estimate of drug-likeness (QED) is 0.0222. The molecule has 0 saturated carbocycles. The molecule has 0 fully saturated rings. The van der Waals surface area contributed by atoms with Crippen molar-refractivity contribution >= 4 is 39.5 Å². The third kappa shape index (κ3) is 68.6. The van der Waals surface area contributed by atoms with E-state index in [1.165, 1.54) is 212 Å². The number of rotatable bonds is 75. The maximum Gasteiger partial charge on any atom is 0.472 e. The molecule has 0 amide bonds. The van der Waals surface area contributed by atoms with Gasteiger partial charge in [-0.25, -0.2) is 9.13 Å². The standard InChI is InChI=1S/C75H146O17P2/c1-6-9-12-15-18-21-24-26-27-28-29-30-31-32-34-37-40-45-51-56-61-75(80)91-70(64-85-72(77)58-53-48-43-38-36-33-25-22-19-16-13-10-7-2)66-89-93(81,82)87-62-69(76)63-88-94(83,84)90-67-71(65-86-73(78)59-54-49-46-41-42-47-52-57-68(4)5)92-74(79)60-55-50-44-39-35-23-20-17-14-11-8-3/h68-71,76H,6-67H2,1-5H3,(H,81,82)(H,83,84)/t69-,70-,71-/m1/s1. The molecular weight excluding hydrogens is 1230 g/mol. The number of unbranched alkanes of at least 4 members (excludes halogenated alkanes) is 47. The zero-order valence-electron chi connectivity index (χ0n) is 61.1. The fourth-order valence-corrected chi connectivity index (χ4v) is 13.1. The third-order valence-corrected chi connectivity index (χ3v) is 19.4. The number of aliphatic hydroxyl groups excluding tert-OH is 1. The van der Waals surface area contributed by atoms with Gasteiger partial charge in [0.1, 0.15) is 19.3 Å². The molecule has 0 spiro atoms. The highest BCUT2D eigenvalue weighted by Crippen LogP contribution is 2.45. The Morgan fingerprint density at radius 3 is 0.723 bits per heavy atom. The van der Waals surface area contributed by atoms with Gasteiger partial charge >= 0.3 is 39.5 Å². The molecular formula is C75H146O17P2. The van der Waals surface area contributed by atoms with Crippen molar-refractivity contribution in [3.63, 3.8) is 0 Å². The van der Waals surface area contributed by atoms with E-state index < -0.39 is 97.5 Å². The molecule has 5 atom stereocenters. The van der Waals surface area contributed by atoms with Gasteiger partial charge in [-0.1, -0.05) is 343 Å². The van der Waals surface area contributed by atoms with Crippen molar-refractivity contribution in [1.82, 2.24) is 0 Å². The Kier molecular flexibility index (Phi) is 66.8. The van der Waals surface area contributed by atoms with Crippen LogP contribution >= 0.6 is 15.6 Å². The van der Waals surface area contributed by atoms with Gasteiger partial charge in [0.2, 0.25) is 0 Å². The van der Waals surface area contributed by atoms with Crippen LogP contribution in [-0.2, 0) is 65.4 Å². The van der Waals surface area contributed by atoms with Crippen LogP contribution in [0.5, 0.6) is 0 Å². The molecule has 3 N–H and O–H groups in total. The zero-order valence-corrected chi connectivity index (χ0v) is 62.9. The summed E-state index contributed by atoms with van der Waals surface area (Å²) < 4.78 is 68.4. The Balaban J connectivity index is 5.20. The average Bonchev–Trinajstić information content (AvgIpc) is 1.64. The smallest absolute Gasteiger partial charge is 0.462 e. The van der Waals surface area contributed by atoms with Crippen molar-refractivity contribution in [2.75, 3.05) is 39.6 Å². The SMILES string of the molecule is CCCCCCCCCCCCCCCCCCCCCCC(=O)O[C@H](COC(=O)CCCCCCCCCCCCCCC)COP(=O)(O)OC[C@@H](O)COP(=O)(O)OC[C@@H](COC(=O)CCCCCCCCCC(C)C)OC(=O)CCCCCCCCCCCCC. The highest BCUT2D eigenvalue weighted by atomic mass is 31.2. The summed E-state index contributed by atoms with van der Waals surface area (Å²) in [6, 6.07) is 0. The summed E-state index contributed by atoms with van der Waals surface area (Å²) in [6.07, 6.45) is 57.0. The average molecular weight is 1380 g/mol. The van der Waals surface area contributed by atoms with Crippen molar-refractivity contribution in [3.05, 3.63) is 0 Å². The van der Waals surface area contributed by atoms with Crippen LogP contribution in [0.4, 0.5) is 0 Å². The largest absolute Gasteiger partial charge is 0.472 e. The predicted octanol–water partition coefficient (Wildman–Crippen LogP) is 22.1. The first kappa shape index (κ1) is 92.1. The lowest BCUT2D eigenvalue weighted by Gasteiger charge is -2.21. The first-order valence-corrected chi connectivity index (χ1v) is 42.1. The molecule has 2 unspecified atom stereocenters. The molecule has 0 aliphatic heterocycles. The fraction of sp³-hybridized carbons (Fsp3) is 0.947. The number of hydrogen-bond acceptors (Lipinski definition) is 15. The molecule has 0 aromatic carbocycles. The van der Waals surface area contributed by atoms with Crippen LogP contribution in [0.15, 0.2) is 0 Å². The molecule has 94 heavy (non-hydrogen) atoms. The van der Waals surface area contributed by atoms with Gasteiger partial charge in [0.05, 0.1) is 26.4 Å². The van der Waals surface area contributed by atoms with E-state index in [2.05, 4.69) is 34.6 Å². The lowest BCUT2D eigenvalue weighted by atomic mass is 10.0. The molecule has 0 heterocycles. The van der Waals surface area contributed by atoms with Gasteiger partial charge in [-0.05, 0) is 31.6 Å². The first-order chi connectivity index (χ1) is 45.5. The monoisotopic (exact) mass is 1380 g/mol. The second kappa shape index (κ2) is 68.2. The van der Waals surface area contributed by atoms with E-state index in [0.29, 0.717) is 31.6 Å². The fourth-order valence-electron chi connectivity index (χ4n) is 11.5. The Bertz CT molecular complexity index is 1810. The second-order valence-corrected chi connectivity index (χ2v) is 30.4. The Morgan fingerprint density at radius 2 is 0.489 bits per heavy atom. The van der Waals surface area contributed by atoms with E-state index >= 15 is 0 Å². The number of carbonyl (C=O) groups excluding carboxylic acids is 4. The van der Waals surface area contributed by atoms with Crippen molar-refractivity contribution in [3.8, 4) is 0 Å². The van der Waals surface area contributed by atoms with Gasteiger partial charge < -0.3 is 33.8 Å². The number of aliphatic hydroxyl groups is 1. The highest BCUT2D eigenvalue weighted by molar-refractivity contribution is 7.47. The summed E-state index contributed by atoms with van der Waals surface area (Å²) in [5.74, 6) is -1.41. The maximum atomic E-state index is 13.1. The molecule has 19 heteroatoms. The van der Waals surface area contributed by atoms with Gasteiger partial charge in [0.15, 0.2) is 12.2 Å². The molecule has 558 valence electrons. The van der Waals surface area contributed by atoms with Crippen LogP contribution in [0.3, 0.4) is 0 Å². The third-order valence-electron chi connectivity index (χ3n) is 17.5. The van der Waals surface area contributed by atoms with Crippen LogP contribution in [0.1, 0.15) is 394 Å². The van der Waals surface area contributed by atoms with E-state index in [1.54, 1.807) is 0 Å². The lowest BCUT2D eigenvalue weighted by Crippen LogP contribution is -2.30. The minimum Gasteiger partial charge on any atom is -0.462 e. The highest BCUT2D eigenvalue weighted by Gasteiger charge is 2.30. The second-order valence-electron chi connectivity index (χ2n) is 27.5. The molecule has 0 aliphatic carbocycles. The Morgan fingerprint density at radius 1 is 0.287 bits per heavy atom. The van der Waals surface area contributed by atoms with Gasteiger partial charge in [0, 0.05) is 25.7 Å². The summed E-state index contributed by atoms with van der Waals surface area (Å²) >= 11 is 0. The lowest BCUT2D eigenvalue weighted by molar-refractivity contribution is -0.161. The van der Waals surface area contributed by atoms with E-state index in [1.807, 2.05) is 0 Å². The molecule has 0 bridgehead atoms. The summed E-state index contributed by atoms with van der Waals surface area (Å²) in [7, 11) is -9.91. The normalized spacial score (nSPS) is 14.0. The number of phosphoric ester groups is 2. The van der Waals surface area contributed by atoms with Gasteiger partial charge in [0.25, 0.3) is 0 Å². The predicted molar refractivity (Wildman–Crippen MR) is 382 cm³/mol. The summed E-state index contributed by atoms with van der Waals surface area (Å²) in [5, 5.41) is 10.6. The molecule has 0 rings (SSSR count). The molecule has 0 saturated heterocycles. The summed E-state index contributed by atoms with van der Waals surface area (Å²) in [6.45, 7) is 7.22. The van der Waals surface area contributed by atoms with Crippen LogP contribution in [-0.4, -0.2) is 96.7 Å². The van der Waals surface area contributed by atoms with Crippen LogP contribution in [0, 0.1) is 5.92 Å². The number of phosphoric acid groups is 2. The number of ether oxygens (including phenoxy) is 4. The van der Waals surface area contributed by atoms with Crippen molar-refractivity contribution in [2.45, 2.75) is 412 Å². The van der Waals surface area contributed by atoms with E-state index in [9.17, 15) is 43.2 Å². The van der Waals surface area contributed by atoms with E-state index in [0.717, 1.165) is 96.3 Å². The van der Waals surface area contributed by atoms with Crippen LogP contribution in [0.2, 0.25) is 0 Å². The minimum atomic E-state index is -4.95. The molecule has 0 aromatic heterocycles. The van der Waals surface area contributed by atoms with Gasteiger partial charge in [-0.2, -0.15) is 0 Å². The zero-order chi connectivity index (χ0) is 69.1. The number of carbonyl (C=O) groups is 4. The minimum absolute atomic E-state index is 0.106. The Labute approximate surface area is 575 Å². The van der Waals surface area contributed by atoms with Crippen LogP contribution in [0.25, 0.3) is 0 Å². The van der Waals surface area contributed by atoms with Gasteiger partial charge in [-0.3, -0.25) is 37.3 Å². The van der Waals surface area contributed by atoms with Crippen molar-refractivity contribution in [2.24, 2.45) is 5.92 Å². The first-order valence-electron chi connectivity index (χ1n) is 39.1. The Hall–Kier alpha value is -1.94. The summed E-state index contributed by atoms with van der Waals surface area (Å²) in [4.78, 5) is 72.7. The van der Waals surface area contributed by atoms with E-state index in [-0.39, 0.29) is 25.7 Å². The topological polar surface area (TPSA) is 237 Å². The van der Waals surface area contributed by atoms with Crippen LogP contribution < -0.4 is 0 Å². The van der Waals surface area contributed by atoms with Crippen molar-refractivity contribution < 1.29 is 80.2 Å². The van der Waals surface area contributed by atoms with E-state index in [4.69, 9.17) is 37.0 Å². The molecule has 0 aliphatic rings.